The first-order valence-electron chi connectivity index (χ1n) is 9.05. The van der Waals surface area contributed by atoms with E-state index < -0.39 is 0 Å². The fourth-order valence-corrected chi connectivity index (χ4v) is 3.45. The molecule has 0 aliphatic carbocycles. The Balaban J connectivity index is 1.82. The van der Waals surface area contributed by atoms with E-state index in [4.69, 9.17) is 0 Å². The minimum absolute atomic E-state index is 0.211. The van der Waals surface area contributed by atoms with Crippen molar-refractivity contribution in [3.63, 3.8) is 0 Å². The standard InChI is InChI=1S/C24H21FN2/c1-17-18(2)27(16-20-8-11-21(25)12-9-20)24-22(17)14-15-26-23(24)13-10-19-6-4-3-5-7-19/h3-15H,16H2,1-2H3. The van der Waals surface area contributed by atoms with E-state index in [1.165, 1.54) is 28.8 Å². The third kappa shape index (κ3) is 3.41. The van der Waals surface area contributed by atoms with Crippen molar-refractivity contribution in [2.75, 3.05) is 0 Å². The highest BCUT2D eigenvalue weighted by molar-refractivity contribution is 5.92. The van der Waals surface area contributed by atoms with Gasteiger partial charge in [0.05, 0.1) is 11.2 Å². The van der Waals surface area contributed by atoms with Crippen molar-refractivity contribution in [2.45, 2.75) is 20.4 Å². The van der Waals surface area contributed by atoms with Gasteiger partial charge in [0.25, 0.3) is 0 Å². The molecule has 2 aromatic heterocycles. The van der Waals surface area contributed by atoms with E-state index in [1.54, 1.807) is 0 Å². The Hall–Kier alpha value is -3.20. The zero-order valence-electron chi connectivity index (χ0n) is 15.5. The van der Waals surface area contributed by atoms with E-state index in [-0.39, 0.29) is 5.82 Å². The van der Waals surface area contributed by atoms with Crippen LogP contribution >= 0.6 is 0 Å². The first-order valence-corrected chi connectivity index (χ1v) is 9.05. The minimum atomic E-state index is -0.211. The lowest BCUT2D eigenvalue weighted by Gasteiger charge is -2.10. The highest BCUT2D eigenvalue weighted by atomic mass is 19.1. The molecule has 2 nitrogen and oxygen atoms in total. The molecule has 3 heteroatoms. The smallest absolute Gasteiger partial charge is 0.123 e. The third-order valence-corrected chi connectivity index (χ3v) is 5.06. The van der Waals surface area contributed by atoms with Gasteiger partial charge in [-0.2, -0.15) is 0 Å². The van der Waals surface area contributed by atoms with Crippen LogP contribution in [0.25, 0.3) is 23.1 Å². The number of fused-ring (bicyclic) bond motifs is 1. The van der Waals surface area contributed by atoms with Crippen molar-refractivity contribution in [1.82, 2.24) is 9.55 Å². The van der Waals surface area contributed by atoms with Crippen LogP contribution in [0.3, 0.4) is 0 Å². The van der Waals surface area contributed by atoms with Crippen molar-refractivity contribution in [2.24, 2.45) is 0 Å². The first kappa shape index (κ1) is 17.2. The van der Waals surface area contributed by atoms with Crippen LogP contribution in [0.15, 0.2) is 66.9 Å². The van der Waals surface area contributed by atoms with Gasteiger partial charge >= 0.3 is 0 Å². The summed E-state index contributed by atoms with van der Waals surface area (Å²) in [5.41, 5.74) is 6.72. The zero-order chi connectivity index (χ0) is 18.8. The molecule has 0 saturated heterocycles. The number of aryl methyl sites for hydroxylation is 1. The van der Waals surface area contributed by atoms with Crippen LogP contribution in [0.2, 0.25) is 0 Å². The number of halogens is 1. The second kappa shape index (κ2) is 7.20. The van der Waals surface area contributed by atoms with Crippen molar-refractivity contribution >= 4 is 23.1 Å². The molecule has 0 saturated carbocycles. The lowest BCUT2D eigenvalue weighted by Crippen LogP contribution is -2.03. The molecule has 0 aliphatic heterocycles. The Kier molecular flexibility index (Phi) is 4.59. The molecule has 0 spiro atoms. The molecule has 0 aliphatic rings. The summed E-state index contributed by atoms with van der Waals surface area (Å²) in [4.78, 5) is 4.63. The number of benzene rings is 2. The highest BCUT2D eigenvalue weighted by Gasteiger charge is 2.14. The van der Waals surface area contributed by atoms with Crippen LogP contribution in [0.5, 0.6) is 0 Å². The summed E-state index contributed by atoms with van der Waals surface area (Å²) >= 11 is 0. The monoisotopic (exact) mass is 356 g/mol. The lowest BCUT2D eigenvalue weighted by atomic mass is 10.1. The summed E-state index contributed by atoms with van der Waals surface area (Å²) in [6, 6.07) is 19.0. The highest BCUT2D eigenvalue weighted by Crippen LogP contribution is 2.29. The second-order valence-electron chi connectivity index (χ2n) is 6.76. The van der Waals surface area contributed by atoms with Gasteiger partial charge in [-0.3, -0.25) is 4.98 Å². The van der Waals surface area contributed by atoms with Gasteiger partial charge in [0, 0.05) is 23.8 Å². The Bertz CT molecular complexity index is 1110. The predicted octanol–water partition coefficient (Wildman–Crippen LogP) is 6.01. The van der Waals surface area contributed by atoms with E-state index in [0.717, 1.165) is 22.3 Å². The maximum absolute atomic E-state index is 13.3. The summed E-state index contributed by atoms with van der Waals surface area (Å²) in [5.74, 6) is -0.211. The van der Waals surface area contributed by atoms with Crippen molar-refractivity contribution < 1.29 is 4.39 Å². The minimum Gasteiger partial charge on any atom is -0.338 e. The normalized spacial score (nSPS) is 11.5. The SMILES string of the molecule is Cc1c(C)n(Cc2ccc(F)cc2)c2c(C=Cc3ccccc3)nccc12. The molecular formula is C24H21FN2. The molecular weight excluding hydrogens is 335 g/mol. The molecule has 2 aromatic carbocycles. The number of hydrogen-bond acceptors (Lipinski definition) is 1. The summed E-state index contributed by atoms with van der Waals surface area (Å²) < 4.78 is 15.5. The quantitative estimate of drug-likeness (QED) is 0.438. The number of hydrogen-bond donors (Lipinski definition) is 0. The third-order valence-electron chi connectivity index (χ3n) is 5.06. The van der Waals surface area contributed by atoms with Crippen LogP contribution in [0, 0.1) is 19.7 Å². The molecule has 0 atom stereocenters. The largest absolute Gasteiger partial charge is 0.338 e. The Morgan fingerprint density at radius 1 is 0.926 bits per heavy atom. The van der Waals surface area contributed by atoms with Crippen LogP contribution in [0.4, 0.5) is 4.39 Å². The molecule has 4 rings (SSSR count). The van der Waals surface area contributed by atoms with Crippen molar-refractivity contribution in [3.05, 3.63) is 101 Å². The van der Waals surface area contributed by atoms with E-state index in [2.05, 4.69) is 53.7 Å². The Labute approximate surface area is 158 Å². The zero-order valence-corrected chi connectivity index (χ0v) is 15.5. The predicted molar refractivity (Wildman–Crippen MR) is 110 cm³/mol. The number of pyridine rings is 1. The molecule has 0 radical (unpaired) electrons. The fraction of sp³-hybridized carbons (Fsp3) is 0.125. The maximum atomic E-state index is 13.3. The topological polar surface area (TPSA) is 17.8 Å². The number of nitrogens with zero attached hydrogens (tertiary/aromatic N) is 2. The van der Waals surface area contributed by atoms with E-state index in [0.29, 0.717) is 6.54 Å². The first-order chi connectivity index (χ1) is 13.1. The summed E-state index contributed by atoms with van der Waals surface area (Å²) in [7, 11) is 0. The van der Waals surface area contributed by atoms with E-state index in [9.17, 15) is 4.39 Å². The average Bonchev–Trinajstić information content (AvgIpc) is 2.94. The van der Waals surface area contributed by atoms with Crippen LogP contribution < -0.4 is 0 Å². The molecule has 0 amide bonds. The van der Waals surface area contributed by atoms with Crippen LogP contribution in [-0.4, -0.2) is 9.55 Å². The molecule has 0 bridgehead atoms. The van der Waals surface area contributed by atoms with Gasteiger partial charge in [-0.25, -0.2) is 4.39 Å². The van der Waals surface area contributed by atoms with E-state index >= 15 is 0 Å². The molecule has 0 fully saturated rings. The van der Waals surface area contributed by atoms with Gasteiger partial charge in [0.2, 0.25) is 0 Å². The van der Waals surface area contributed by atoms with Crippen molar-refractivity contribution in [1.29, 1.82) is 0 Å². The Morgan fingerprint density at radius 2 is 1.67 bits per heavy atom. The average molecular weight is 356 g/mol. The summed E-state index contributed by atoms with van der Waals surface area (Å²) in [5, 5.41) is 1.21. The van der Waals surface area contributed by atoms with Crippen LogP contribution in [-0.2, 0) is 6.54 Å². The Morgan fingerprint density at radius 3 is 2.41 bits per heavy atom. The second-order valence-corrected chi connectivity index (χ2v) is 6.76. The van der Waals surface area contributed by atoms with Gasteiger partial charge in [0.15, 0.2) is 0 Å². The lowest BCUT2D eigenvalue weighted by molar-refractivity contribution is 0.626. The van der Waals surface area contributed by atoms with E-state index in [1.807, 2.05) is 36.5 Å². The molecule has 134 valence electrons. The number of rotatable bonds is 4. The van der Waals surface area contributed by atoms with Gasteiger partial charge < -0.3 is 4.57 Å². The summed E-state index contributed by atoms with van der Waals surface area (Å²) in [6.07, 6.45) is 6.01. The van der Waals surface area contributed by atoms with Gasteiger partial charge in [-0.15, -0.1) is 0 Å². The molecule has 0 N–H and O–H groups in total. The van der Waals surface area contributed by atoms with Gasteiger partial charge in [-0.1, -0.05) is 48.5 Å². The fourth-order valence-electron chi connectivity index (χ4n) is 3.45. The van der Waals surface area contributed by atoms with Gasteiger partial charge in [0.1, 0.15) is 5.82 Å². The maximum Gasteiger partial charge on any atom is 0.123 e. The molecule has 4 aromatic rings. The van der Waals surface area contributed by atoms with Gasteiger partial charge in [-0.05, 0) is 54.8 Å². The van der Waals surface area contributed by atoms with Crippen molar-refractivity contribution in [3.8, 4) is 0 Å². The molecule has 2 heterocycles. The van der Waals surface area contributed by atoms with Crippen LogP contribution in [0.1, 0.15) is 28.1 Å². The number of aromatic nitrogens is 2. The summed E-state index contributed by atoms with van der Waals surface area (Å²) in [6.45, 7) is 4.96. The molecule has 0 unspecified atom stereocenters. The molecule has 27 heavy (non-hydrogen) atoms.